The molecule has 1 rings (SSSR count). The molecular formula is C11H14N2OS. The number of dihydropyridines is 1. The van der Waals surface area contributed by atoms with Crippen LogP contribution in [-0.4, -0.2) is 16.9 Å². The summed E-state index contributed by atoms with van der Waals surface area (Å²) in [6, 6.07) is 2.19. The van der Waals surface area contributed by atoms with Gasteiger partial charge in [0.15, 0.2) is 0 Å². The number of allylic oxidation sites excluding steroid dienone is 3. The molecule has 0 aromatic heterocycles. The van der Waals surface area contributed by atoms with Crippen molar-refractivity contribution in [2.75, 3.05) is 5.75 Å². The molecule has 0 aromatic carbocycles. The Balaban J connectivity index is 2.79. The van der Waals surface area contributed by atoms with Crippen LogP contribution >= 0.6 is 11.8 Å². The maximum Gasteiger partial charge on any atom is 0.139 e. The van der Waals surface area contributed by atoms with Crippen LogP contribution < -0.4 is 5.32 Å². The lowest BCUT2D eigenvalue weighted by Gasteiger charge is -2.24. The first-order valence-electron chi connectivity index (χ1n) is 4.71. The van der Waals surface area contributed by atoms with Crippen molar-refractivity contribution < 1.29 is 4.79 Å². The molecule has 1 unspecified atom stereocenters. The van der Waals surface area contributed by atoms with Gasteiger partial charge in [0.25, 0.3) is 0 Å². The van der Waals surface area contributed by atoms with Crippen molar-refractivity contribution in [2.24, 2.45) is 0 Å². The quantitative estimate of drug-likeness (QED) is 0.793. The highest BCUT2D eigenvalue weighted by Gasteiger charge is 2.20. The van der Waals surface area contributed by atoms with Crippen LogP contribution in [0.4, 0.5) is 0 Å². The van der Waals surface area contributed by atoms with Crippen LogP contribution in [0, 0.1) is 11.3 Å². The second-order valence-corrected chi connectivity index (χ2v) is 4.67. The highest BCUT2D eigenvalue weighted by atomic mass is 32.2. The van der Waals surface area contributed by atoms with E-state index < -0.39 is 0 Å². The molecule has 1 heterocycles. The molecule has 0 saturated heterocycles. The van der Waals surface area contributed by atoms with Crippen LogP contribution in [0.1, 0.15) is 20.8 Å². The van der Waals surface area contributed by atoms with Gasteiger partial charge in [0.1, 0.15) is 11.2 Å². The van der Waals surface area contributed by atoms with Crippen molar-refractivity contribution in [2.45, 2.75) is 26.1 Å². The first kappa shape index (κ1) is 11.9. The fourth-order valence-electron chi connectivity index (χ4n) is 1.40. The number of ketones is 1. The molecule has 1 aliphatic heterocycles. The Morgan fingerprint density at radius 1 is 1.67 bits per heavy atom. The van der Waals surface area contributed by atoms with E-state index in [9.17, 15) is 4.79 Å². The Bertz CT molecular complexity index is 377. The van der Waals surface area contributed by atoms with Gasteiger partial charge in [0.05, 0.1) is 17.4 Å². The monoisotopic (exact) mass is 222 g/mol. The third-order valence-corrected chi connectivity index (χ3v) is 3.31. The number of rotatable bonds is 3. The van der Waals surface area contributed by atoms with E-state index in [0.29, 0.717) is 11.3 Å². The van der Waals surface area contributed by atoms with E-state index in [4.69, 9.17) is 5.26 Å². The number of hydrogen-bond acceptors (Lipinski definition) is 4. The zero-order valence-electron chi connectivity index (χ0n) is 9.13. The molecule has 80 valence electrons. The number of hydrogen-bond donors (Lipinski definition) is 1. The first-order valence-corrected chi connectivity index (χ1v) is 5.76. The number of carbonyl (C=O) groups is 1. The molecule has 4 heteroatoms. The maximum absolute atomic E-state index is 10.9. The molecule has 15 heavy (non-hydrogen) atoms. The summed E-state index contributed by atoms with van der Waals surface area (Å²) in [5.74, 6) is 0.563. The van der Waals surface area contributed by atoms with Crippen molar-refractivity contribution in [3.63, 3.8) is 0 Å². The topological polar surface area (TPSA) is 52.9 Å². The second-order valence-electron chi connectivity index (χ2n) is 3.57. The van der Waals surface area contributed by atoms with E-state index in [1.165, 1.54) is 11.8 Å². The summed E-state index contributed by atoms with van der Waals surface area (Å²) in [4.78, 5) is 10.9. The maximum atomic E-state index is 10.9. The van der Waals surface area contributed by atoms with E-state index >= 15 is 0 Å². The van der Waals surface area contributed by atoms with Crippen molar-refractivity contribution in [3.05, 3.63) is 22.9 Å². The molecule has 1 N–H and O–H groups in total. The van der Waals surface area contributed by atoms with E-state index in [1.54, 1.807) is 6.92 Å². The van der Waals surface area contributed by atoms with Crippen LogP contribution in [0.3, 0.4) is 0 Å². The summed E-state index contributed by atoms with van der Waals surface area (Å²) < 4.78 is 0. The normalized spacial score (nSPS) is 20.4. The Hall–Kier alpha value is -1.21. The average Bonchev–Trinajstić information content (AvgIpc) is 2.13. The van der Waals surface area contributed by atoms with Gasteiger partial charge in [-0.3, -0.25) is 4.79 Å². The van der Waals surface area contributed by atoms with Gasteiger partial charge in [-0.05, 0) is 32.4 Å². The lowest BCUT2D eigenvalue weighted by Crippen LogP contribution is -2.30. The zero-order chi connectivity index (χ0) is 11.4. The molecule has 0 saturated carbocycles. The van der Waals surface area contributed by atoms with Crippen LogP contribution in [-0.2, 0) is 4.79 Å². The minimum Gasteiger partial charge on any atom is -0.372 e. The summed E-state index contributed by atoms with van der Waals surface area (Å²) in [6.07, 6.45) is 1.95. The van der Waals surface area contributed by atoms with E-state index in [2.05, 4.69) is 11.4 Å². The van der Waals surface area contributed by atoms with Crippen molar-refractivity contribution >= 4 is 17.5 Å². The van der Waals surface area contributed by atoms with Crippen molar-refractivity contribution in [1.29, 1.82) is 5.26 Å². The molecule has 0 amide bonds. The molecule has 1 aliphatic rings. The van der Waals surface area contributed by atoms with Crippen molar-refractivity contribution in [3.8, 4) is 6.07 Å². The van der Waals surface area contributed by atoms with Gasteiger partial charge < -0.3 is 5.32 Å². The predicted molar refractivity (Wildman–Crippen MR) is 62.1 cm³/mol. The second kappa shape index (κ2) is 5.04. The number of Topliss-reactive ketones (excluding diaryl/α,β-unsaturated/α-hetero) is 1. The lowest BCUT2D eigenvalue weighted by atomic mass is 10.1. The van der Waals surface area contributed by atoms with Gasteiger partial charge in [-0.1, -0.05) is 0 Å². The van der Waals surface area contributed by atoms with Gasteiger partial charge in [-0.25, -0.2) is 0 Å². The minimum atomic E-state index is -0.0797. The SMILES string of the molecule is CC(=O)CSC1NC(C)=CC(C)=C1C#N. The number of nitrogens with one attached hydrogen (secondary N) is 1. The molecular weight excluding hydrogens is 208 g/mol. The molecule has 0 radical (unpaired) electrons. The van der Waals surface area contributed by atoms with Gasteiger partial charge in [-0.2, -0.15) is 5.26 Å². The smallest absolute Gasteiger partial charge is 0.139 e. The molecule has 3 nitrogen and oxygen atoms in total. The van der Waals surface area contributed by atoms with Gasteiger partial charge in [0, 0.05) is 5.70 Å². The summed E-state index contributed by atoms with van der Waals surface area (Å²) in [6.45, 7) is 5.43. The summed E-state index contributed by atoms with van der Waals surface area (Å²) in [5, 5.41) is 12.1. The van der Waals surface area contributed by atoms with Crippen molar-refractivity contribution in [1.82, 2.24) is 5.32 Å². The van der Waals surface area contributed by atoms with Gasteiger partial charge in [-0.15, -0.1) is 11.8 Å². The summed E-state index contributed by atoms with van der Waals surface area (Å²) in [7, 11) is 0. The van der Waals surface area contributed by atoms with E-state index in [-0.39, 0.29) is 11.2 Å². The van der Waals surface area contributed by atoms with E-state index in [1.807, 2.05) is 19.9 Å². The molecule has 0 bridgehead atoms. The van der Waals surface area contributed by atoms with Crippen LogP contribution in [0.25, 0.3) is 0 Å². The van der Waals surface area contributed by atoms with Crippen LogP contribution in [0.2, 0.25) is 0 Å². The Kier molecular flexibility index (Phi) is 3.98. The Labute approximate surface area is 94.2 Å². The molecule has 0 fully saturated rings. The van der Waals surface area contributed by atoms with Crippen LogP contribution in [0.15, 0.2) is 22.9 Å². The van der Waals surface area contributed by atoms with Gasteiger partial charge in [0.2, 0.25) is 0 Å². The standard InChI is InChI=1S/C11H14N2OS/c1-7-4-8(2)13-11(10(7)5-12)15-6-9(3)14/h4,11,13H,6H2,1-3H3. The number of nitriles is 1. The first-order chi connectivity index (χ1) is 7.04. The Morgan fingerprint density at radius 3 is 2.87 bits per heavy atom. The predicted octanol–water partition coefficient (Wildman–Crippen LogP) is 1.98. The fourth-order valence-corrected chi connectivity index (χ4v) is 2.48. The molecule has 0 aromatic rings. The van der Waals surface area contributed by atoms with Crippen LogP contribution in [0.5, 0.6) is 0 Å². The molecule has 0 spiro atoms. The van der Waals surface area contributed by atoms with Gasteiger partial charge >= 0.3 is 0 Å². The Morgan fingerprint density at radius 2 is 2.33 bits per heavy atom. The zero-order valence-corrected chi connectivity index (χ0v) is 9.94. The number of nitrogens with zero attached hydrogens (tertiary/aromatic N) is 1. The number of carbonyl (C=O) groups excluding carboxylic acids is 1. The van der Waals surface area contributed by atoms with E-state index in [0.717, 1.165) is 11.3 Å². The lowest BCUT2D eigenvalue weighted by molar-refractivity contribution is -0.114. The third kappa shape index (κ3) is 3.14. The highest BCUT2D eigenvalue weighted by molar-refractivity contribution is 8.00. The highest BCUT2D eigenvalue weighted by Crippen LogP contribution is 2.25. The summed E-state index contributed by atoms with van der Waals surface area (Å²) >= 11 is 1.46. The summed E-state index contributed by atoms with van der Waals surface area (Å²) in [5.41, 5.74) is 2.73. The largest absolute Gasteiger partial charge is 0.372 e. The number of thioether (sulfide) groups is 1. The fraction of sp³-hybridized carbons (Fsp3) is 0.455. The molecule has 1 atom stereocenters. The molecule has 0 aliphatic carbocycles. The average molecular weight is 222 g/mol. The minimum absolute atomic E-state index is 0.0797. The third-order valence-electron chi connectivity index (χ3n) is 2.05.